The van der Waals surface area contributed by atoms with Crippen LogP contribution in [-0.2, 0) is 4.74 Å². The van der Waals surface area contributed by atoms with Gasteiger partial charge in [-0.25, -0.2) is 4.79 Å². The molecule has 2 atom stereocenters. The Bertz CT molecular complexity index is 971. The van der Waals surface area contributed by atoms with E-state index in [1.165, 1.54) is 6.08 Å². The largest absolute Gasteiger partial charge is 0.462 e. The number of rotatable bonds is 6. The van der Waals surface area contributed by atoms with Crippen LogP contribution in [0.1, 0.15) is 69.8 Å². The van der Waals surface area contributed by atoms with Crippen molar-refractivity contribution in [1.82, 2.24) is 4.98 Å². The van der Waals surface area contributed by atoms with Crippen molar-refractivity contribution in [2.75, 3.05) is 6.61 Å². The Morgan fingerprint density at radius 2 is 2.00 bits per heavy atom. The Morgan fingerprint density at radius 3 is 2.59 bits per heavy atom. The lowest BCUT2D eigenvalue weighted by Crippen LogP contribution is -2.13. The minimum Gasteiger partial charge on any atom is -0.462 e. The number of ether oxygens (including phenoxy) is 1. The Morgan fingerprint density at radius 1 is 1.33 bits per heavy atom. The van der Waals surface area contributed by atoms with Crippen molar-refractivity contribution in [3.63, 3.8) is 0 Å². The molecule has 3 rings (SSSR count). The summed E-state index contributed by atoms with van der Waals surface area (Å²) in [6.07, 6.45) is 2.51. The summed E-state index contributed by atoms with van der Waals surface area (Å²) in [5, 5.41) is 9.51. The van der Waals surface area contributed by atoms with Gasteiger partial charge in [-0.15, -0.1) is 0 Å². The number of aromatic amines is 1. The van der Waals surface area contributed by atoms with Crippen LogP contribution in [-0.4, -0.2) is 23.3 Å². The van der Waals surface area contributed by atoms with Crippen LogP contribution in [0.5, 0.6) is 0 Å². The highest BCUT2D eigenvalue weighted by Crippen LogP contribution is 2.47. The number of aromatic nitrogens is 1. The summed E-state index contributed by atoms with van der Waals surface area (Å²) in [6, 6.07) is 5.57. The van der Waals surface area contributed by atoms with Crippen molar-refractivity contribution >= 4 is 17.8 Å². The van der Waals surface area contributed by atoms with Crippen molar-refractivity contribution in [2.45, 2.75) is 40.0 Å². The minimum atomic E-state index is -0.581. The molecule has 0 saturated heterocycles. The van der Waals surface area contributed by atoms with Gasteiger partial charge < -0.3 is 14.1 Å². The molecular formula is C21H22N2O4. The number of nitrogens with zero attached hydrogens (tertiary/aromatic N) is 1. The normalized spacial score (nSPS) is 18.9. The zero-order valence-corrected chi connectivity index (χ0v) is 15.9. The SMILES string of the molecule is CCOC(=O)c1c(C)[nH]c(C)c1C(=O)/C(C#N)=C/c1ccc([C@@H]2C[C@@H]2C)o1. The maximum absolute atomic E-state index is 13.0. The summed E-state index contributed by atoms with van der Waals surface area (Å²) >= 11 is 0. The van der Waals surface area contributed by atoms with Crippen LogP contribution in [0.15, 0.2) is 22.1 Å². The molecule has 2 heterocycles. The van der Waals surface area contributed by atoms with E-state index in [-0.39, 0.29) is 23.3 Å². The second kappa shape index (κ2) is 7.28. The number of Topliss-reactive ketones (excluding diaryl/α,β-unsaturated/α-hetero) is 1. The fourth-order valence-corrected chi connectivity index (χ4v) is 3.31. The highest BCUT2D eigenvalue weighted by Gasteiger charge is 2.36. The Balaban J connectivity index is 1.95. The van der Waals surface area contributed by atoms with Gasteiger partial charge in [-0.2, -0.15) is 5.26 Å². The zero-order chi connectivity index (χ0) is 19.7. The maximum atomic E-state index is 13.0. The number of nitrogens with one attached hydrogen (secondary N) is 1. The lowest BCUT2D eigenvalue weighted by molar-refractivity contribution is 0.0523. The molecule has 0 aromatic carbocycles. The van der Waals surface area contributed by atoms with E-state index in [2.05, 4.69) is 11.9 Å². The number of hydrogen-bond acceptors (Lipinski definition) is 5. The predicted molar refractivity (Wildman–Crippen MR) is 99.4 cm³/mol. The molecule has 1 saturated carbocycles. The third kappa shape index (κ3) is 3.59. The van der Waals surface area contributed by atoms with Crippen LogP contribution < -0.4 is 0 Å². The standard InChI is InChI=1S/C21H22N2O4/c1-5-26-21(25)19-13(4)23-12(3)18(19)20(24)14(10-22)9-15-6-7-17(27-15)16-8-11(16)2/h6-7,9,11,16,23H,5,8H2,1-4H3/b14-9+/t11-,16+/m0/s1. The van der Waals surface area contributed by atoms with E-state index in [0.717, 1.165) is 12.2 Å². The fraction of sp³-hybridized carbons (Fsp3) is 0.381. The topological polar surface area (TPSA) is 96.1 Å². The second-order valence-electron chi connectivity index (χ2n) is 6.90. The summed E-state index contributed by atoms with van der Waals surface area (Å²) in [6.45, 7) is 7.44. The summed E-state index contributed by atoms with van der Waals surface area (Å²) in [5.41, 5.74) is 1.31. The van der Waals surface area contributed by atoms with Gasteiger partial charge in [0.15, 0.2) is 0 Å². The van der Waals surface area contributed by atoms with Gasteiger partial charge in [0.1, 0.15) is 23.2 Å². The van der Waals surface area contributed by atoms with E-state index in [1.54, 1.807) is 26.8 Å². The molecule has 0 amide bonds. The van der Waals surface area contributed by atoms with Gasteiger partial charge in [-0.1, -0.05) is 6.92 Å². The number of esters is 1. The Labute approximate surface area is 157 Å². The molecule has 1 fully saturated rings. The maximum Gasteiger partial charge on any atom is 0.340 e. The van der Waals surface area contributed by atoms with Crippen molar-refractivity contribution in [3.05, 3.63) is 51.7 Å². The first-order valence-corrected chi connectivity index (χ1v) is 8.99. The predicted octanol–water partition coefficient (Wildman–Crippen LogP) is 4.31. The van der Waals surface area contributed by atoms with Crippen LogP contribution >= 0.6 is 0 Å². The monoisotopic (exact) mass is 366 g/mol. The summed E-state index contributed by atoms with van der Waals surface area (Å²) in [5.74, 6) is 1.24. The third-order valence-corrected chi connectivity index (χ3v) is 4.86. The van der Waals surface area contributed by atoms with Crippen LogP contribution in [0.3, 0.4) is 0 Å². The quantitative estimate of drug-likeness (QED) is 0.355. The molecule has 1 aliphatic carbocycles. The van der Waals surface area contributed by atoms with Crippen LogP contribution in [0.2, 0.25) is 0 Å². The Hall–Kier alpha value is -3.07. The number of furan rings is 1. The highest BCUT2D eigenvalue weighted by molar-refractivity contribution is 6.19. The van der Waals surface area contributed by atoms with Gasteiger partial charge in [0.25, 0.3) is 0 Å². The molecule has 2 aromatic rings. The third-order valence-electron chi connectivity index (χ3n) is 4.86. The molecule has 0 spiro atoms. The van der Waals surface area contributed by atoms with Gasteiger partial charge in [0.2, 0.25) is 5.78 Å². The molecule has 140 valence electrons. The van der Waals surface area contributed by atoms with Crippen LogP contribution in [0.4, 0.5) is 0 Å². The van der Waals surface area contributed by atoms with Gasteiger partial charge in [0.05, 0.1) is 17.7 Å². The van der Waals surface area contributed by atoms with E-state index in [1.807, 2.05) is 12.1 Å². The van der Waals surface area contributed by atoms with E-state index in [0.29, 0.717) is 29.0 Å². The number of hydrogen-bond donors (Lipinski definition) is 1. The summed E-state index contributed by atoms with van der Waals surface area (Å²) < 4.78 is 10.8. The highest BCUT2D eigenvalue weighted by atomic mass is 16.5. The smallest absolute Gasteiger partial charge is 0.340 e. The number of H-pyrrole nitrogens is 1. The van der Waals surface area contributed by atoms with Crippen molar-refractivity contribution < 1.29 is 18.7 Å². The van der Waals surface area contributed by atoms with Gasteiger partial charge in [0, 0.05) is 23.4 Å². The van der Waals surface area contributed by atoms with Gasteiger partial charge in [-0.05, 0) is 45.2 Å². The molecule has 6 heteroatoms. The number of carbonyl (C=O) groups excluding carboxylic acids is 2. The molecule has 0 bridgehead atoms. The molecule has 27 heavy (non-hydrogen) atoms. The van der Waals surface area contributed by atoms with Gasteiger partial charge >= 0.3 is 5.97 Å². The van der Waals surface area contributed by atoms with Crippen molar-refractivity contribution in [3.8, 4) is 6.07 Å². The first-order valence-electron chi connectivity index (χ1n) is 8.99. The van der Waals surface area contributed by atoms with Crippen LogP contribution in [0, 0.1) is 31.1 Å². The molecule has 0 aliphatic heterocycles. The number of carbonyl (C=O) groups is 2. The van der Waals surface area contributed by atoms with E-state index >= 15 is 0 Å². The first-order chi connectivity index (χ1) is 12.9. The molecule has 1 aliphatic rings. The first kappa shape index (κ1) is 18.7. The molecule has 0 unspecified atom stereocenters. The fourth-order valence-electron chi connectivity index (χ4n) is 3.31. The molecule has 2 aromatic heterocycles. The van der Waals surface area contributed by atoms with E-state index in [9.17, 15) is 14.9 Å². The number of allylic oxidation sites excluding steroid dienone is 1. The molecule has 6 nitrogen and oxygen atoms in total. The van der Waals surface area contributed by atoms with Gasteiger partial charge in [-0.3, -0.25) is 4.79 Å². The van der Waals surface area contributed by atoms with E-state index < -0.39 is 11.8 Å². The van der Waals surface area contributed by atoms with Crippen LogP contribution in [0.25, 0.3) is 6.08 Å². The number of nitriles is 1. The lowest BCUT2D eigenvalue weighted by Gasteiger charge is -2.05. The van der Waals surface area contributed by atoms with Crippen molar-refractivity contribution in [1.29, 1.82) is 5.26 Å². The molecular weight excluding hydrogens is 344 g/mol. The Kier molecular flexibility index (Phi) is 5.04. The summed E-state index contributed by atoms with van der Waals surface area (Å²) in [4.78, 5) is 28.3. The molecule has 1 N–H and O–H groups in total. The minimum absolute atomic E-state index is 0.0904. The number of ketones is 1. The lowest BCUT2D eigenvalue weighted by atomic mass is 9.99. The second-order valence-corrected chi connectivity index (χ2v) is 6.90. The van der Waals surface area contributed by atoms with Crippen molar-refractivity contribution in [2.24, 2.45) is 5.92 Å². The average molecular weight is 366 g/mol. The molecule has 0 radical (unpaired) electrons. The number of aryl methyl sites for hydroxylation is 2. The summed E-state index contributed by atoms with van der Waals surface area (Å²) in [7, 11) is 0. The van der Waals surface area contributed by atoms with E-state index in [4.69, 9.17) is 9.15 Å². The average Bonchev–Trinajstić information content (AvgIpc) is 3.04. The zero-order valence-electron chi connectivity index (χ0n) is 15.9.